The van der Waals surface area contributed by atoms with Gasteiger partial charge in [0.1, 0.15) is 13.3 Å². The number of anilines is 1. The fraction of sp³-hybridized carbons (Fsp3) is 0.500. The summed E-state index contributed by atoms with van der Waals surface area (Å²) in [5, 5.41) is 3.69. The zero-order chi connectivity index (χ0) is 10.8. The molecule has 2 N–H and O–H groups in total. The second kappa shape index (κ2) is 4.18. The average molecular weight is 274 g/mol. The first-order valence-corrected chi connectivity index (χ1v) is 4.31. The Bertz CT molecular complexity index is 292. The molecule has 0 spiro atoms. The largest absolute Gasteiger partial charge is 0.411 e. The van der Waals surface area contributed by atoms with Crippen molar-refractivity contribution in [3.63, 3.8) is 0 Å². The summed E-state index contributed by atoms with van der Waals surface area (Å²) in [5.41, 5.74) is 5.34. The SMILES string of the molecule is Nc1nn(COCC(F)(F)F)cc1Br. The van der Waals surface area contributed by atoms with Gasteiger partial charge < -0.3 is 10.5 Å². The number of ether oxygens (including phenoxy) is 1. The number of hydrogen-bond acceptors (Lipinski definition) is 3. The second-order valence-corrected chi connectivity index (χ2v) is 3.35. The highest BCUT2D eigenvalue weighted by molar-refractivity contribution is 9.10. The lowest BCUT2D eigenvalue weighted by atomic mass is 10.7. The normalized spacial score (nSPS) is 12.0. The third-order valence-electron chi connectivity index (χ3n) is 1.23. The molecule has 8 heteroatoms. The monoisotopic (exact) mass is 273 g/mol. The highest BCUT2D eigenvalue weighted by Crippen LogP contribution is 2.17. The Morgan fingerprint density at radius 2 is 2.21 bits per heavy atom. The number of nitrogens with zero attached hydrogens (tertiary/aromatic N) is 2. The first kappa shape index (κ1) is 11.3. The van der Waals surface area contributed by atoms with Crippen LogP contribution < -0.4 is 5.73 Å². The molecule has 0 radical (unpaired) electrons. The lowest BCUT2D eigenvalue weighted by molar-refractivity contribution is -0.182. The van der Waals surface area contributed by atoms with Gasteiger partial charge in [-0.2, -0.15) is 18.3 Å². The van der Waals surface area contributed by atoms with E-state index < -0.39 is 12.8 Å². The maximum Gasteiger partial charge on any atom is 0.411 e. The second-order valence-electron chi connectivity index (χ2n) is 2.49. The van der Waals surface area contributed by atoms with Gasteiger partial charge >= 0.3 is 6.18 Å². The summed E-state index contributed by atoms with van der Waals surface area (Å²) in [6.07, 6.45) is -2.89. The molecule has 0 amide bonds. The molecule has 0 unspecified atom stereocenters. The number of hydrogen-bond donors (Lipinski definition) is 1. The van der Waals surface area contributed by atoms with Crippen LogP contribution in [0.25, 0.3) is 0 Å². The van der Waals surface area contributed by atoms with Gasteiger partial charge in [-0.3, -0.25) is 0 Å². The molecule has 0 aliphatic rings. The number of alkyl halides is 3. The Morgan fingerprint density at radius 1 is 1.57 bits per heavy atom. The molecular weight excluding hydrogens is 267 g/mol. The van der Waals surface area contributed by atoms with E-state index in [1.807, 2.05) is 0 Å². The van der Waals surface area contributed by atoms with Gasteiger partial charge in [0.05, 0.1) is 4.47 Å². The van der Waals surface area contributed by atoms with E-state index in [2.05, 4.69) is 25.8 Å². The molecule has 1 aromatic heterocycles. The van der Waals surface area contributed by atoms with E-state index in [0.29, 0.717) is 4.47 Å². The summed E-state index contributed by atoms with van der Waals surface area (Å²) in [6, 6.07) is 0. The van der Waals surface area contributed by atoms with E-state index >= 15 is 0 Å². The van der Waals surface area contributed by atoms with Gasteiger partial charge in [0.15, 0.2) is 5.82 Å². The van der Waals surface area contributed by atoms with Crippen LogP contribution in [-0.2, 0) is 11.5 Å². The molecule has 1 aromatic rings. The van der Waals surface area contributed by atoms with Crippen LogP contribution in [0.2, 0.25) is 0 Å². The number of nitrogen functional groups attached to an aromatic ring is 1. The third-order valence-corrected chi connectivity index (χ3v) is 1.84. The maximum atomic E-state index is 11.7. The lowest BCUT2D eigenvalue weighted by Crippen LogP contribution is -2.18. The molecule has 14 heavy (non-hydrogen) atoms. The van der Waals surface area contributed by atoms with Crippen LogP contribution in [0.5, 0.6) is 0 Å². The number of rotatable bonds is 3. The van der Waals surface area contributed by atoms with Gasteiger partial charge in [-0.1, -0.05) is 0 Å². The van der Waals surface area contributed by atoms with Gasteiger partial charge in [0.25, 0.3) is 0 Å². The summed E-state index contributed by atoms with van der Waals surface area (Å²) in [4.78, 5) is 0. The van der Waals surface area contributed by atoms with E-state index in [4.69, 9.17) is 5.73 Å². The van der Waals surface area contributed by atoms with Crippen LogP contribution in [0.1, 0.15) is 0 Å². The van der Waals surface area contributed by atoms with Gasteiger partial charge in [0.2, 0.25) is 0 Å². The first-order chi connectivity index (χ1) is 6.38. The molecule has 0 atom stereocenters. The molecule has 0 saturated heterocycles. The number of halogens is 4. The Balaban J connectivity index is 2.39. The summed E-state index contributed by atoms with van der Waals surface area (Å²) in [6.45, 7) is -1.58. The minimum atomic E-state index is -4.32. The third kappa shape index (κ3) is 3.54. The highest BCUT2D eigenvalue weighted by atomic mass is 79.9. The molecule has 1 rings (SSSR count). The molecule has 0 bridgehead atoms. The summed E-state index contributed by atoms with van der Waals surface area (Å²) in [7, 11) is 0. The fourth-order valence-electron chi connectivity index (χ4n) is 0.733. The molecule has 0 aliphatic heterocycles. The number of nitrogens with two attached hydrogens (primary N) is 1. The van der Waals surface area contributed by atoms with Crippen molar-refractivity contribution >= 4 is 21.7 Å². The summed E-state index contributed by atoms with van der Waals surface area (Å²) >= 11 is 3.06. The van der Waals surface area contributed by atoms with E-state index in [9.17, 15) is 13.2 Å². The zero-order valence-corrected chi connectivity index (χ0v) is 8.47. The van der Waals surface area contributed by atoms with Crippen LogP contribution in [0, 0.1) is 0 Å². The zero-order valence-electron chi connectivity index (χ0n) is 6.88. The number of aromatic nitrogens is 2. The Morgan fingerprint density at radius 3 is 2.64 bits per heavy atom. The Labute approximate surface area is 86.0 Å². The van der Waals surface area contributed by atoms with Crippen molar-refractivity contribution in [1.82, 2.24) is 9.78 Å². The van der Waals surface area contributed by atoms with Crippen molar-refractivity contribution in [2.75, 3.05) is 12.3 Å². The summed E-state index contributed by atoms with van der Waals surface area (Å²) < 4.78 is 41.0. The molecule has 0 aromatic carbocycles. The summed E-state index contributed by atoms with van der Waals surface area (Å²) in [5.74, 6) is 0.209. The van der Waals surface area contributed by atoms with Gasteiger partial charge in [0, 0.05) is 6.20 Å². The van der Waals surface area contributed by atoms with Crippen molar-refractivity contribution < 1.29 is 17.9 Å². The fourth-order valence-corrected chi connectivity index (χ4v) is 1.05. The Hall–Kier alpha value is -0.760. The van der Waals surface area contributed by atoms with Crippen molar-refractivity contribution in [3.05, 3.63) is 10.7 Å². The predicted molar refractivity (Wildman–Crippen MR) is 46.3 cm³/mol. The Kier molecular flexibility index (Phi) is 3.38. The van der Waals surface area contributed by atoms with Crippen LogP contribution in [0.15, 0.2) is 10.7 Å². The van der Waals surface area contributed by atoms with Gasteiger partial charge in [-0.15, -0.1) is 0 Å². The van der Waals surface area contributed by atoms with E-state index in [0.717, 1.165) is 0 Å². The van der Waals surface area contributed by atoms with Crippen LogP contribution in [0.4, 0.5) is 19.0 Å². The smallest absolute Gasteiger partial charge is 0.381 e. The van der Waals surface area contributed by atoms with Gasteiger partial charge in [-0.05, 0) is 15.9 Å². The maximum absolute atomic E-state index is 11.7. The van der Waals surface area contributed by atoms with Crippen LogP contribution in [-0.4, -0.2) is 22.6 Å². The molecule has 0 saturated carbocycles. The van der Waals surface area contributed by atoms with E-state index in [1.54, 1.807) is 0 Å². The standard InChI is InChI=1S/C6H7BrF3N3O/c7-4-1-13(12-5(4)11)3-14-2-6(8,9)10/h1H,2-3H2,(H2,11,12). The highest BCUT2D eigenvalue weighted by Gasteiger charge is 2.27. The van der Waals surface area contributed by atoms with Gasteiger partial charge in [-0.25, -0.2) is 4.68 Å². The van der Waals surface area contributed by atoms with Crippen molar-refractivity contribution in [2.45, 2.75) is 12.9 Å². The minimum absolute atomic E-state index is 0.209. The molecule has 0 aliphatic carbocycles. The molecular formula is C6H7BrF3N3O. The van der Waals surface area contributed by atoms with Crippen molar-refractivity contribution in [3.8, 4) is 0 Å². The first-order valence-electron chi connectivity index (χ1n) is 3.51. The quantitative estimate of drug-likeness (QED) is 0.913. The predicted octanol–water partition coefficient (Wildman–Crippen LogP) is 1.76. The van der Waals surface area contributed by atoms with Crippen molar-refractivity contribution in [1.29, 1.82) is 0 Å². The minimum Gasteiger partial charge on any atom is -0.381 e. The molecule has 80 valence electrons. The van der Waals surface area contributed by atoms with Crippen LogP contribution >= 0.6 is 15.9 Å². The van der Waals surface area contributed by atoms with Crippen molar-refractivity contribution in [2.24, 2.45) is 0 Å². The van der Waals surface area contributed by atoms with E-state index in [1.165, 1.54) is 10.9 Å². The molecule has 4 nitrogen and oxygen atoms in total. The lowest BCUT2D eigenvalue weighted by Gasteiger charge is -2.06. The van der Waals surface area contributed by atoms with Crippen LogP contribution in [0.3, 0.4) is 0 Å². The average Bonchev–Trinajstić information content (AvgIpc) is 2.28. The molecule has 0 fully saturated rings. The molecule has 1 heterocycles. The van der Waals surface area contributed by atoms with E-state index in [-0.39, 0.29) is 12.5 Å². The topological polar surface area (TPSA) is 53.1 Å².